The fourth-order valence-corrected chi connectivity index (χ4v) is 4.13. The lowest BCUT2D eigenvalue weighted by Gasteiger charge is -2.19. The molecule has 1 aliphatic rings. The summed E-state index contributed by atoms with van der Waals surface area (Å²) in [5, 5.41) is 6.49. The first kappa shape index (κ1) is 26.9. The molecule has 0 aromatic heterocycles. The van der Waals surface area contributed by atoms with Crippen LogP contribution in [0.15, 0.2) is 35.3 Å². The summed E-state index contributed by atoms with van der Waals surface area (Å²) >= 11 is 0. The predicted octanol–water partition coefficient (Wildman–Crippen LogP) is 2.80. The number of nitrogens with zero attached hydrogens (tertiary/aromatic N) is 2. The molecule has 1 saturated heterocycles. The lowest BCUT2D eigenvalue weighted by atomic mass is 10.1. The standard InChI is InChI=1S/C22H36N4O2S.HI/c1-5-23-21(24-12-14-29(28)22(2,3)4)25-16-19-15-20(27)26(17-19)13-11-18-9-7-6-8-10-18;/h6-10,19H,5,11-17H2,1-4H3,(H2,23,24,25);1H. The van der Waals surface area contributed by atoms with E-state index in [1.165, 1.54) is 5.56 Å². The Bertz CT molecular complexity index is 707. The average molecular weight is 549 g/mol. The van der Waals surface area contributed by atoms with Crippen molar-refractivity contribution in [2.45, 2.75) is 45.3 Å². The van der Waals surface area contributed by atoms with E-state index in [1.807, 2.05) is 50.8 Å². The SMILES string of the molecule is CCNC(=NCC1CC(=O)N(CCc2ccccc2)C1)NCCS(=O)C(C)(C)C.I. The van der Waals surface area contributed by atoms with Gasteiger partial charge in [-0.15, -0.1) is 24.0 Å². The summed E-state index contributed by atoms with van der Waals surface area (Å²) < 4.78 is 12.0. The van der Waals surface area contributed by atoms with Crippen molar-refractivity contribution in [1.82, 2.24) is 15.5 Å². The van der Waals surface area contributed by atoms with Gasteiger partial charge in [-0.05, 0) is 39.7 Å². The van der Waals surface area contributed by atoms with Gasteiger partial charge < -0.3 is 15.5 Å². The van der Waals surface area contributed by atoms with Crippen molar-refractivity contribution in [2.75, 3.05) is 38.5 Å². The van der Waals surface area contributed by atoms with Crippen LogP contribution in [0.3, 0.4) is 0 Å². The van der Waals surface area contributed by atoms with Crippen LogP contribution in [0.5, 0.6) is 0 Å². The summed E-state index contributed by atoms with van der Waals surface area (Å²) in [6.45, 7) is 11.5. The summed E-state index contributed by atoms with van der Waals surface area (Å²) in [6.07, 6.45) is 1.45. The minimum absolute atomic E-state index is 0. The zero-order chi connectivity index (χ0) is 21.3. The van der Waals surface area contributed by atoms with Crippen LogP contribution in [0.25, 0.3) is 0 Å². The number of halogens is 1. The number of carbonyl (C=O) groups is 1. The van der Waals surface area contributed by atoms with E-state index in [4.69, 9.17) is 0 Å². The summed E-state index contributed by atoms with van der Waals surface area (Å²) in [4.78, 5) is 18.9. The van der Waals surface area contributed by atoms with Gasteiger partial charge >= 0.3 is 0 Å². The number of nitrogens with one attached hydrogen (secondary N) is 2. The van der Waals surface area contributed by atoms with Gasteiger partial charge in [-0.2, -0.15) is 0 Å². The molecule has 1 aromatic carbocycles. The van der Waals surface area contributed by atoms with Crippen molar-refractivity contribution in [1.29, 1.82) is 0 Å². The van der Waals surface area contributed by atoms with Crippen LogP contribution >= 0.6 is 24.0 Å². The molecule has 30 heavy (non-hydrogen) atoms. The minimum Gasteiger partial charge on any atom is -0.357 e. The predicted molar refractivity (Wildman–Crippen MR) is 137 cm³/mol. The molecule has 0 saturated carbocycles. The molecule has 0 bridgehead atoms. The summed E-state index contributed by atoms with van der Waals surface area (Å²) in [6, 6.07) is 10.3. The number of guanidine groups is 1. The maximum absolute atomic E-state index is 12.3. The van der Waals surface area contributed by atoms with Crippen molar-refractivity contribution < 1.29 is 9.00 Å². The molecular formula is C22H37IN4O2S. The highest BCUT2D eigenvalue weighted by Gasteiger charge is 2.29. The van der Waals surface area contributed by atoms with E-state index in [-0.39, 0.29) is 40.5 Å². The number of amides is 1. The normalized spacial score (nSPS) is 18.1. The Labute approximate surface area is 201 Å². The molecule has 170 valence electrons. The maximum Gasteiger partial charge on any atom is 0.223 e. The van der Waals surface area contributed by atoms with Crippen LogP contribution in [-0.4, -0.2) is 64.2 Å². The Morgan fingerprint density at radius 2 is 1.93 bits per heavy atom. The van der Waals surface area contributed by atoms with Gasteiger partial charge in [0.15, 0.2) is 5.96 Å². The van der Waals surface area contributed by atoms with E-state index in [9.17, 15) is 9.00 Å². The Balaban J connectivity index is 0.00000450. The number of benzene rings is 1. The van der Waals surface area contributed by atoms with E-state index >= 15 is 0 Å². The topological polar surface area (TPSA) is 73.8 Å². The maximum atomic E-state index is 12.3. The molecule has 8 heteroatoms. The zero-order valence-corrected chi connectivity index (χ0v) is 21.8. The van der Waals surface area contributed by atoms with E-state index in [2.05, 4.69) is 27.8 Å². The fourth-order valence-electron chi connectivity index (χ4n) is 3.23. The zero-order valence-electron chi connectivity index (χ0n) is 18.6. The number of hydrogen-bond donors (Lipinski definition) is 2. The molecule has 1 amide bonds. The van der Waals surface area contributed by atoms with Gasteiger partial charge in [0.1, 0.15) is 0 Å². The molecule has 0 aliphatic carbocycles. The van der Waals surface area contributed by atoms with Crippen LogP contribution in [0.1, 0.15) is 39.7 Å². The lowest BCUT2D eigenvalue weighted by molar-refractivity contribution is -0.127. The van der Waals surface area contributed by atoms with Gasteiger partial charge in [0, 0.05) is 66.4 Å². The van der Waals surface area contributed by atoms with E-state index < -0.39 is 10.8 Å². The number of rotatable bonds is 9. The fraction of sp³-hybridized carbons (Fsp3) is 0.636. The highest BCUT2D eigenvalue weighted by atomic mass is 127. The molecule has 0 spiro atoms. The Morgan fingerprint density at radius 1 is 1.23 bits per heavy atom. The number of hydrogen-bond acceptors (Lipinski definition) is 3. The number of likely N-dealkylation sites (tertiary alicyclic amines) is 1. The van der Waals surface area contributed by atoms with Crippen LogP contribution in [0, 0.1) is 5.92 Å². The molecule has 1 aliphatic heterocycles. The molecule has 2 N–H and O–H groups in total. The second-order valence-corrected chi connectivity index (χ2v) is 10.8. The van der Waals surface area contributed by atoms with Gasteiger partial charge in [-0.1, -0.05) is 30.3 Å². The van der Waals surface area contributed by atoms with Crippen LogP contribution in [-0.2, 0) is 22.0 Å². The van der Waals surface area contributed by atoms with Crippen LogP contribution < -0.4 is 10.6 Å². The Kier molecular flexibility index (Phi) is 11.9. The summed E-state index contributed by atoms with van der Waals surface area (Å²) in [7, 11) is -0.888. The van der Waals surface area contributed by atoms with Crippen LogP contribution in [0.2, 0.25) is 0 Å². The van der Waals surface area contributed by atoms with Crippen molar-refractivity contribution in [3.05, 3.63) is 35.9 Å². The van der Waals surface area contributed by atoms with Gasteiger partial charge in [-0.3, -0.25) is 14.0 Å². The van der Waals surface area contributed by atoms with Crippen molar-refractivity contribution in [3.63, 3.8) is 0 Å². The lowest BCUT2D eigenvalue weighted by Crippen LogP contribution is -2.40. The third-order valence-corrected chi connectivity index (χ3v) is 6.86. The third kappa shape index (κ3) is 9.32. The Hall–Kier alpha value is -1.16. The number of aliphatic imine (C=N–C) groups is 1. The molecule has 1 aromatic rings. The third-order valence-electron chi connectivity index (χ3n) is 4.92. The van der Waals surface area contributed by atoms with Gasteiger partial charge in [0.25, 0.3) is 0 Å². The van der Waals surface area contributed by atoms with Crippen molar-refractivity contribution in [3.8, 4) is 0 Å². The molecular weight excluding hydrogens is 511 g/mol. The van der Waals surface area contributed by atoms with Crippen molar-refractivity contribution >= 4 is 46.6 Å². The molecule has 0 radical (unpaired) electrons. The molecule has 1 heterocycles. The van der Waals surface area contributed by atoms with Gasteiger partial charge in [-0.25, -0.2) is 0 Å². The van der Waals surface area contributed by atoms with Crippen LogP contribution in [0.4, 0.5) is 0 Å². The van der Waals surface area contributed by atoms with Crippen molar-refractivity contribution in [2.24, 2.45) is 10.9 Å². The minimum atomic E-state index is -0.888. The second kappa shape index (κ2) is 13.3. The molecule has 2 unspecified atom stereocenters. The van der Waals surface area contributed by atoms with Gasteiger partial charge in [0.2, 0.25) is 5.91 Å². The highest BCUT2D eigenvalue weighted by Crippen LogP contribution is 2.18. The first-order valence-electron chi connectivity index (χ1n) is 10.5. The number of carbonyl (C=O) groups excluding carboxylic acids is 1. The largest absolute Gasteiger partial charge is 0.357 e. The quantitative estimate of drug-likeness (QED) is 0.283. The Morgan fingerprint density at radius 3 is 2.57 bits per heavy atom. The molecule has 6 nitrogen and oxygen atoms in total. The summed E-state index contributed by atoms with van der Waals surface area (Å²) in [5.41, 5.74) is 1.26. The monoisotopic (exact) mass is 548 g/mol. The molecule has 1 fully saturated rings. The first-order valence-corrected chi connectivity index (χ1v) is 11.8. The molecule has 2 atom stereocenters. The smallest absolute Gasteiger partial charge is 0.223 e. The highest BCUT2D eigenvalue weighted by molar-refractivity contribution is 14.0. The average Bonchev–Trinajstić information content (AvgIpc) is 3.04. The van der Waals surface area contributed by atoms with Gasteiger partial charge in [0.05, 0.1) is 0 Å². The van der Waals surface area contributed by atoms with E-state index in [0.29, 0.717) is 25.3 Å². The molecule has 2 rings (SSSR count). The second-order valence-electron chi connectivity index (χ2n) is 8.45. The van der Waals surface area contributed by atoms with E-state index in [0.717, 1.165) is 32.0 Å². The first-order chi connectivity index (χ1) is 13.8. The summed E-state index contributed by atoms with van der Waals surface area (Å²) in [5.74, 6) is 1.79. The van der Waals surface area contributed by atoms with E-state index in [1.54, 1.807) is 0 Å².